The highest BCUT2D eigenvalue weighted by molar-refractivity contribution is 9.10. The van der Waals surface area contributed by atoms with Crippen molar-refractivity contribution in [1.82, 2.24) is 4.90 Å². The minimum Gasteiger partial charge on any atom is -0.443 e. The van der Waals surface area contributed by atoms with Crippen molar-refractivity contribution in [2.45, 2.75) is 4.90 Å². The average molecular weight is 297 g/mol. The summed E-state index contributed by atoms with van der Waals surface area (Å²) in [7, 11) is -0.837. The van der Waals surface area contributed by atoms with Gasteiger partial charge in [0.2, 0.25) is 10.0 Å². The van der Waals surface area contributed by atoms with E-state index >= 15 is 0 Å². The molecule has 0 bridgehead atoms. The molecule has 0 aliphatic carbocycles. The molecule has 0 spiro atoms. The van der Waals surface area contributed by atoms with E-state index in [1.54, 1.807) is 0 Å². The molecule has 0 fully saturated rings. The van der Waals surface area contributed by atoms with E-state index < -0.39 is 15.9 Å². The van der Waals surface area contributed by atoms with Crippen LogP contribution in [0.5, 0.6) is 0 Å². The lowest BCUT2D eigenvalue weighted by Crippen LogP contribution is -2.21. The summed E-state index contributed by atoms with van der Waals surface area (Å²) in [4.78, 5) is 12.4. The van der Waals surface area contributed by atoms with Crippen LogP contribution in [0.4, 0.5) is 0 Å². The second kappa shape index (κ2) is 3.95. The van der Waals surface area contributed by atoms with E-state index in [0.717, 1.165) is 6.07 Å². The predicted molar refractivity (Wildman–Crippen MR) is 55.8 cm³/mol. The molecule has 8 heteroatoms. The van der Waals surface area contributed by atoms with Crippen LogP contribution in [0, 0.1) is 0 Å². The minimum absolute atomic E-state index is 0.0739. The molecule has 0 saturated heterocycles. The number of hydrogen-bond acceptors (Lipinski definition) is 4. The smallest absolute Gasteiger partial charge is 0.289 e. The summed E-state index contributed by atoms with van der Waals surface area (Å²) >= 11 is 2.87. The summed E-state index contributed by atoms with van der Waals surface area (Å²) in [5.74, 6) is -0.526. The van der Waals surface area contributed by atoms with Crippen LogP contribution < -0.4 is 5.14 Å². The van der Waals surface area contributed by atoms with E-state index in [2.05, 4.69) is 15.9 Å². The van der Waals surface area contributed by atoms with Gasteiger partial charge in [0.15, 0.2) is 10.4 Å². The van der Waals surface area contributed by atoms with E-state index in [0.29, 0.717) is 0 Å². The van der Waals surface area contributed by atoms with Crippen LogP contribution in [0.25, 0.3) is 0 Å². The first kappa shape index (κ1) is 12.2. The van der Waals surface area contributed by atoms with Crippen molar-refractivity contribution in [3.63, 3.8) is 0 Å². The Labute approximate surface area is 95.2 Å². The summed E-state index contributed by atoms with van der Waals surface area (Å²) < 4.78 is 26.9. The van der Waals surface area contributed by atoms with Gasteiger partial charge in [0.05, 0.1) is 0 Å². The number of furan rings is 1. The van der Waals surface area contributed by atoms with Crippen molar-refractivity contribution < 1.29 is 17.6 Å². The molecule has 0 saturated carbocycles. The van der Waals surface area contributed by atoms with Crippen molar-refractivity contribution >= 4 is 31.9 Å². The fourth-order valence-electron chi connectivity index (χ4n) is 0.872. The van der Waals surface area contributed by atoms with Crippen molar-refractivity contribution in [3.8, 4) is 0 Å². The van der Waals surface area contributed by atoms with E-state index in [1.165, 1.54) is 19.0 Å². The number of amides is 1. The molecule has 0 atom stereocenters. The zero-order valence-corrected chi connectivity index (χ0v) is 10.4. The van der Waals surface area contributed by atoms with Crippen LogP contribution >= 0.6 is 15.9 Å². The lowest BCUT2D eigenvalue weighted by Gasteiger charge is -2.06. The van der Waals surface area contributed by atoms with Gasteiger partial charge in [-0.05, 0) is 15.9 Å². The summed E-state index contributed by atoms with van der Waals surface area (Å²) in [6, 6.07) is 1.09. The molecular formula is C7H9BrN2O4S. The third-order valence-corrected chi connectivity index (χ3v) is 3.35. The molecule has 0 aromatic carbocycles. The Morgan fingerprint density at radius 1 is 1.53 bits per heavy atom. The molecule has 1 aromatic rings. The van der Waals surface area contributed by atoms with E-state index in [9.17, 15) is 13.2 Å². The molecule has 0 aliphatic rings. The Balaban J connectivity index is 3.24. The molecule has 6 nitrogen and oxygen atoms in total. The number of hydrogen-bond donors (Lipinski definition) is 1. The Morgan fingerprint density at radius 2 is 2.07 bits per heavy atom. The largest absolute Gasteiger partial charge is 0.443 e. The maximum Gasteiger partial charge on any atom is 0.289 e. The number of primary sulfonamides is 1. The van der Waals surface area contributed by atoms with Gasteiger partial charge in [-0.3, -0.25) is 4.79 Å². The standard InChI is InChI=1S/C7H9BrN2O4S/c1-10(2)7(11)4-3-5(6(8)14-4)15(9,12)13/h3H,1-2H3,(H2,9,12,13). The fourth-order valence-corrected chi connectivity index (χ4v) is 2.37. The Bertz CT molecular complexity index is 491. The quantitative estimate of drug-likeness (QED) is 0.854. The van der Waals surface area contributed by atoms with Crippen LogP contribution in [0.1, 0.15) is 10.6 Å². The SMILES string of the molecule is CN(C)C(=O)c1cc(S(N)(=O)=O)c(Br)o1. The molecule has 1 rings (SSSR count). The van der Waals surface area contributed by atoms with Crippen LogP contribution in [-0.2, 0) is 10.0 Å². The number of halogens is 1. The molecule has 0 unspecified atom stereocenters. The van der Waals surface area contributed by atoms with Gasteiger partial charge >= 0.3 is 0 Å². The van der Waals surface area contributed by atoms with Gasteiger partial charge in [-0.25, -0.2) is 13.6 Å². The number of nitrogens with two attached hydrogens (primary N) is 1. The monoisotopic (exact) mass is 296 g/mol. The average Bonchev–Trinajstić information content (AvgIpc) is 2.44. The minimum atomic E-state index is -3.88. The molecule has 15 heavy (non-hydrogen) atoms. The first-order valence-corrected chi connectivity index (χ1v) is 6.11. The number of carbonyl (C=O) groups excluding carboxylic acids is 1. The lowest BCUT2D eigenvalue weighted by molar-refractivity contribution is 0.0795. The van der Waals surface area contributed by atoms with Crippen molar-refractivity contribution in [1.29, 1.82) is 0 Å². The summed E-state index contributed by atoms with van der Waals surface area (Å²) in [5, 5.41) is 4.90. The molecule has 0 aliphatic heterocycles. The highest BCUT2D eigenvalue weighted by atomic mass is 79.9. The van der Waals surface area contributed by atoms with Gasteiger partial charge in [0.1, 0.15) is 4.90 Å². The predicted octanol–water partition coefficient (Wildman–Crippen LogP) is 0.391. The summed E-state index contributed by atoms with van der Waals surface area (Å²) in [5.41, 5.74) is 0. The Hall–Kier alpha value is -0.860. The fraction of sp³-hybridized carbons (Fsp3) is 0.286. The molecule has 2 N–H and O–H groups in total. The maximum absolute atomic E-state index is 11.4. The number of carbonyl (C=O) groups is 1. The van der Waals surface area contributed by atoms with E-state index in [-0.39, 0.29) is 15.3 Å². The second-order valence-electron chi connectivity index (χ2n) is 2.99. The van der Waals surface area contributed by atoms with Gasteiger partial charge in [0, 0.05) is 20.2 Å². The zero-order valence-electron chi connectivity index (χ0n) is 8.02. The topological polar surface area (TPSA) is 93.6 Å². The zero-order chi connectivity index (χ0) is 11.8. The number of rotatable bonds is 2. The summed E-state index contributed by atoms with van der Waals surface area (Å²) in [6.07, 6.45) is 0. The maximum atomic E-state index is 11.4. The first-order valence-electron chi connectivity index (χ1n) is 3.77. The van der Waals surface area contributed by atoms with Crippen molar-refractivity contribution in [2.75, 3.05) is 14.1 Å². The van der Waals surface area contributed by atoms with Crippen LogP contribution in [0.15, 0.2) is 20.0 Å². The third-order valence-electron chi connectivity index (χ3n) is 1.58. The van der Waals surface area contributed by atoms with Crippen LogP contribution in [0.2, 0.25) is 0 Å². The summed E-state index contributed by atoms with van der Waals surface area (Å²) in [6.45, 7) is 0. The van der Waals surface area contributed by atoms with Gasteiger partial charge in [-0.1, -0.05) is 0 Å². The molecule has 0 radical (unpaired) electrons. The van der Waals surface area contributed by atoms with Crippen LogP contribution in [-0.4, -0.2) is 33.3 Å². The normalized spacial score (nSPS) is 11.5. The molecule has 1 heterocycles. The van der Waals surface area contributed by atoms with Crippen LogP contribution in [0.3, 0.4) is 0 Å². The Kier molecular flexibility index (Phi) is 3.22. The third kappa shape index (κ3) is 2.58. The van der Waals surface area contributed by atoms with E-state index in [4.69, 9.17) is 9.56 Å². The van der Waals surface area contributed by atoms with Gasteiger partial charge in [-0.2, -0.15) is 0 Å². The highest BCUT2D eigenvalue weighted by Gasteiger charge is 2.22. The van der Waals surface area contributed by atoms with Gasteiger partial charge < -0.3 is 9.32 Å². The Morgan fingerprint density at radius 3 is 2.40 bits per heavy atom. The second-order valence-corrected chi connectivity index (χ2v) is 5.24. The van der Waals surface area contributed by atoms with Gasteiger partial charge in [0.25, 0.3) is 5.91 Å². The molecule has 1 amide bonds. The van der Waals surface area contributed by atoms with Crippen molar-refractivity contribution in [3.05, 3.63) is 16.5 Å². The van der Waals surface area contributed by atoms with E-state index in [1.807, 2.05) is 0 Å². The number of nitrogens with zero attached hydrogens (tertiary/aromatic N) is 1. The lowest BCUT2D eigenvalue weighted by atomic mass is 10.4. The highest BCUT2D eigenvalue weighted by Crippen LogP contribution is 2.25. The molecule has 84 valence electrons. The molecular weight excluding hydrogens is 288 g/mol. The van der Waals surface area contributed by atoms with Gasteiger partial charge in [-0.15, -0.1) is 0 Å². The molecule has 1 aromatic heterocycles. The number of sulfonamides is 1. The van der Waals surface area contributed by atoms with Crippen molar-refractivity contribution in [2.24, 2.45) is 5.14 Å². The first-order chi connectivity index (χ1) is 6.73.